The molecule has 7 heteroatoms. The van der Waals surface area contributed by atoms with E-state index in [1.165, 1.54) is 11.3 Å². The summed E-state index contributed by atoms with van der Waals surface area (Å²) >= 11 is 7.48. The SMILES string of the molecule is NCCc1nc(-c2nc(-c3cccc(Cl)c3)no2)cs1. The summed E-state index contributed by atoms with van der Waals surface area (Å²) in [5.41, 5.74) is 7.00. The molecule has 2 heterocycles. The van der Waals surface area contributed by atoms with Gasteiger partial charge in [-0.3, -0.25) is 0 Å². The summed E-state index contributed by atoms with van der Waals surface area (Å²) in [6.07, 6.45) is 0.750. The molecule has 5 nitrogen and oxygen atoms in total. The minimum Gasteiger partial charge on any atom is -0.332 e. The summed E-state index contributed by atoms with van der Waals surface area (Å²) in [4.78, 5) is 8.75. The van der Waals surface area contributed by atoms with Gasteiger partial charge in [0.1, 0.15) is 5.69 Å². The number of nitrogens with zero attached hydrogens (tertiary/aromatic N) is 3. The van der Waals surface area contributed by atoms with Gasteiger partial charge in [-0.2, -0.15) is 4.98 Å². The minimum absolute atomic E-state index is 0.402. The highest BCUT2D eigenvalue weighted by Gasteiger charge is 2.13. The highest BCUT2D eigenvalue weighted by Crippen LogP contribution is 2.25. The molecule has 3 rings (SSSR count). The van der Waals surface area contributed by atoms with E-state index in [0.717, 1.165) is 17.0 Å². The highest BCUT2D eigenvalue weighted by atomic mass is 35.5. The first-order chi connectivity index (χ1) is 9.76. The number of hydrogen-bond acceptors (Lipinski definition) is 6. The lowest BCUT2D eigenvalue weighted by molar-refractivity contribution is 0.431. The molecule has 0 radical (unpaired) electrons. The molecular formula is C13H11ClN4OS. The number of aromatic nitrogens is 3. The zero-order valence-corrected chi connectivity index (χ0v) is 12.0. The predicted molar refractivity (Wildman–Crippen MR) is 78.6 cm³/mol. The Bertz CT molecular complexity index is 724. The quantitative estimate of drug-likeness (QED) is 0.801. The minimum atomic E-state index is 0.402. The van der Waals surface area contributed by atoms with Crippen molar-refractivity contribution in [3.05, 3.63) is 39.7 Å². The molecule has 102 valence electrons. The Morgan fingerprint density at radius 1 is 1.30 bits per heavy atom. The Kier molecular flexibility index (Phi) is 3.77. The molecule has 1 aromatic carbocycles. The Balaban J connectivity index is 1.89. The van der Waals surface area contributed by atoms with Gasteiger partial charge in [0.05, 0.1) is 5.01 Å². The van der Waals surface area contributed by atoms with Crippen molar-refractivity contribution in [2.45, 2.75) is 6.42 Å². The third kappa shape index (κ3) is 2.72. The maximum atomic E-state index is 5.95. The van der Waals surface area contributed by atoms with E-state index < -0.39 is 0 Å². The molecule has 0 saturated heterocycles. The van der Waals surface area contributed by atoms with Crippen molar-refractivity contribution in [1.82, 2.24) is 15.1 Å². The van der Waals surface area contributed by atoms with Crippen molar-refractivity contribution in [3.8, 4) is 23.0 Å². The van der Waals surface area contributed by atoms with Gasteiger partial charge in [0, 0.05) is 22.4 Å². The van der Waals surface area contributed by atoms with Crippen LogP contribution in [0.1, 0.15) is 5.01 Å². The van der Waals surface area contributed by atoms with Crippen LogP contribution in [0.5, 0.6) is 0 Å². The molecule has 2 aromatic heterocycles. The van der Waals surface area contributed by atoms with Crippen LogP contribution in [-0.4, -0.2) is 21.7 Å². The average Bonchev–Trinajstić information content (AvgIpc) is 3.07. The third-order valence-electron chi connectivity index (χ3n) is 2.64. The Morgan fingerprint density at radius 2 is 2.20 bits per heavy atom. The van der Waals surface area contributed by atoms with Gasteiger partial charge in [-0.25, -0.2) is 4.98 Å². The molecule has 0 aliphatic rings. The molecule has 0 fully saturated rings. The molecule has 0 bridgehead atoms. The Morgan fingerprint density at radius 3 is 3.00 bits per heavy atom. The normalized spacial score (nSPS) is 10.9. The molecule has 2 N–H and O–H groups in total. The summed E-state index contributed by atoms with van der Waals surface area (Å²) < 4.78 is 5.25. The molecule has 0 aliphatic carbocycles. The van der Waals surface area contributed by atoms with E-state index in [1.54, 1.807) is 12.1 Å². The van der Waals surface area contributed by atoms with Crippen molar-refractivity contribution in [2.24, 2.45) is 5.73 Å². The van der Waals surface area contributed by atoms with E-state index in [2.05, 4.69) is 15.1 Å². The van der Waals surface area contributed by atoms with Crippen LogP contribution in [0.25, 0.3) is 23.0 Å². The zero-order valence-electron chi connectivity index (χ0n) is 10.4. The van der Waals surface area contributed by atoms with Crippen LogP contribution in [0.4, 0.5) is 0 Å². The lowest BCUT2D eigenvalue weighted by Crippen LogP contribution is -2.01. The molecule has 0 unspecified atom stereocenters. The van der Waals surface area contributed by atoms with Crippen LogP contribution in [-0.2, 0) is 6.42 Å². The zero-order chi connectivity index (χ0) is 13.9. The average molecular weight is 307 g/mol. The summed E-state index contributed by atoms with van der Waals surface area (Å²) in [7, 11) is 0. The summed E-state index contributed by atoms with van der Waals surface area (Å²) in [5, 5.41) is 7.44. The topological polar surface area (TPSA) is 77.8 Å². The maximum Gasteiger partial charge on any atom is 0.277 e. The van der Waals surface area contributed by atoms with Gasteiger partial charge in [0.15, 0.2) is 0 Å². The molecule has 0 saturated carbocycles. The fourth-order valence-corrected chi connectivity index (χ4v) is 2.70. The van der Waals surface area contributed by atoms with E-state index in [0.29, 0.717) is 29.0 Å². The van der Waals surface area contributed by atoms with Crippen LogP contribution < -0.4 is 5.73 Å². The molecule has 20 heavy (non-hydrogen) atoms. The van der Waals surface area contributed by atoms with Crippen molar-refractivity contribution < 1.29 is 4.52 Å². The number of halogens is 1. The van der Waals surface area contributed by atoms with Gasteiger partial charge in [-0.1, -0.05) is 28.9 Å². The van der Waals surface area contributed by atoms with E-state index in [9.17, 15) is 0 Å². The van der Waals surface area contributed by atoms with Gasteiger partial charge in [-0.15, -0.1) is 11.3 Å². The largest absolute Gasteiger partial charge is 0.332 e. The summed E-state index contributed by atoms with van der Waals surface area (Å²) in [6, 6.07) is 7.31. The lowest BCUT2D eigenvalue weighted by Gasteiger charge is -1.93. The molecule has 0 amide bonds. The Hall–Kier alpha value is -1.76. The lowest BCUT2D eigenvalue weighted by atomic mass is 10.2. The van der Waals surface area contributed by atoms with Crippen LogP contribution in [0.15, 0.2) is 34.2 Å². The van der Waals surface area contributed by atoms with Crippen molar-refractivity contribution >= 4 is 22.9 Å². The predicted octanol–water partition coefficient (Wildman–Crippen LogP) is 3.01. The first kappa shape index (κ1) is 13.2. The second-order valence-corrected chi connectivity index (χ2v) is 5.48. The first-order valence-corrected chi connectivity index (χ1v) is 7.26. The van der Waals surface area contributed by atoms with E-state index in [1.807, 2.05) is 17.5 Å². The standard InChI is InChI=1S/C13H11ClN4OS/c14-9-3-1-2-8(6-9)12-17-13(19-18-12)10-7-20-11(16-10)4-5-15/h1-3,6-7H,4-5,15H2. The number of nitrogens with two attached hydrogens (primary N) is 1. The molecule has 0 aliphatic heterocycles. The first-order valence-electron chi connectivity index (χ1n) is 6.01. The fourth-order valence-electron chi connectivity index (χ4n) is 1.72. The van der Waals surface area contributed by atoms with Crippen molar-refractivity contribution in [2.75, 3.05) is 6.54 Å². The third-order valence-corrected chi connectivity index (χ3v) is 3.78. The number of benzene rings is 1. The number of hydrogen-bond donors (Lipinski definition) is 1. The van der Waals surface area contributed by atoms with Gasteiger partial charge in [0.2, 0.25) is 5.82 Å². The second-order valence-electron chi connectivity index (χ2n) is 4.10. The smallest absolute Gasteiger partial charge is 0.277 e. The number of thiazole rings is 1. The molecule has 0 spiro atoms. The van der Waals surface area contributed by atoms with Gasteiger partial charge in [-0.05, 0) is 18.7 Å². The van der Waals surface area contributed by atoms with Crippen LogP contribution >= 0.6 is 22.9 Å². The van der Waals surface area contributed by atoms with Crippen molar-refractivity contribution in [3.63, 3.8) is 0 Å². The van der Waals surface area contributed by atoms with Gasteiger partial charge in [0.25, 0.3) is 5.89 Å². The maximum absolute atomic E-state index is 5.95. The van der Waals surface area contributed by atoms with Crippen molar-refractivity contribution in [1.29, 1.82) is 0 Å². The van der Waals surface area contributed by atoms with Gasteiger partial charge >= 0.3 is 0 Å². The van der Waals surface area contributed by atoms with Crippen LogP contribution in [0.2, 0.25) is 5.02 Å². The van der Waals surface area contributed by atoms with E-state index in [-0.39, 0.29) is 0 Å². The second kappa shape index (κ2) is 5.70. The van der Waals surface area contributed by atoms with Crippen LogP contribution in [0, 0.1) is 0 Å². The van der Waals surface area contributed by atoms with Crippen LogP contribution in [0.3, 0.4) is 0 Å². The molecular weight excluding hydrogens is 296 g/mol. The number of rotatable bonds is 4. The highest BCUT2D eigenvalue weighted by molar-refractivity contribution is 7.09. The fraction of sp³-hybridized carbons (Fsp3) is 0.154. The Labute approximate surface area is 124 Å². The molecule has 3 aromatic rings. The monoisotopic (exact) mass is 306 g/mol. The summed E-state index contributed by atoms with van der Waals surface area (Å²) in [6.45, 7) is 0.574. The summed E-state index contributed by atoms with van der Waals surface area (Å²) in [5.74, 6) is 0.898. The van der Waals surface area contributed by atoms with E-state index >= 15 is 0 Å². The molecule has 0 atom stereocenters. The van der Waals surface area contributed by atoms with Gasteiger partial charge < -0.3 is 10.3 Å². The van der Waals surface area contributed by atoms with E-state index in [4.69, 9.17) is 21.9 Å².